The molecular weight excluding hydrogens is 232 g/mol. The highest BCUT2D eigenvalue weighted by molar-refractivity contribution is 4.86. The van der Waals surface area contributed by atoms with E-state index in [1.165, 1.54) is 58.0 Å². The van der Waals surface area contributed by atoms with Crippen molar-refractivity contribution in [2.75, 3.05) is 20.1 Å². The first-order valence-corrected chi connectivity index (χ1v) is 8.37. The van der Waals surface area contributed by atoms with Crippen LogP contribution in [0.1, 0.15) is 72.6 Å². The van der Waals surface area contributed by atoms with Gasteiger partial charge in [-0.25, -0.2) is 0 Å². The van der Waals surface area contributed by atoms with Gasteiger partial charge in [-0.15, -0.1) is 0 Å². The van der Waals surface area contributed by atoms with E-state index < -0.39 is 0 Å². The first-order chi connectivity index (χ1) is 8.94. The van der Waals surface area contributed by atoms with E-state index in [0.717, 1.165) is 6.04 Å². The van der Waals surface area contributed by atoms with Crippen molar-refractivity contribution in [2.24, 2.45) is 5.41 Å². The van der Waals surface area contributed by atoms with E-state index in [0.29, 0.717) is 11.5 Å². The second-order valence-electron chi connectivity index (χ2n) is 7.60. The van der Waals surface area contributed by atoms with Crippen LogP contribution >= 0.6 is 0 Å². The highest BCUT2D eigenvalue weighted by atomic mass is 15.2. The zero-order valence-corrected chi connectivity index (χ0v) is 14.0. The van der Waals surface area contributed by atoms with Crippen molar-refractivity contribution in [3.63, 3.8) is 0 Å². The molecule has 1 fully saturated rings. The number of rotatable bonds is 5. The van der Waals surface area contributed by atoms with Crippen LogP contribution in [0.15, 0.2) is 0 Å². The van der Waals surface area contributed by atoms with Gasteiger partial charge in [0.1, 0.15) is 0 Å². The van der Waals surface area contributed by atoms with E-state index in [1.54, 1.807) is 0 Å². The first kappa shape index (κ1) is 17.0. The highest BCUT2D eigenvalue weighted by Crippen LogP contribution is 2.24. The molecule has 1 saturated carbocycles. The second-order valence-corrected chi connectivity index (χ2v) is 7.60. The molecule has 2 nitrogen and oxygen atoms in total. The summed E-state index contributed by atoms with van der Waals surface area (Å²) in [5.41, 5.74) is 0.395. The van der Waals surface area contributed by atoms with Gasteiger partial charge in [0, 0.05) is 18.6 Å². The molecule has 2 unspecified atom stereocenters. The average molecular weight is 268 g/mol. The van der Waals surface area contributed by atoms with E-state index in [4.69, 9.17) is 0 Å². The molecule has 0 amide bonds. The molecule has 2 heteroatoms. The Labute approximate surface area is 121 Å². The fourth-order valence-electron chi connectivity index (χ4n) is 3.43. The van der Waals surface area contributed by atoms with Gasteiger partial charge in [-0.1, -0.05) is 53.4 Å². The fraction of sp³-hybridized carbons (Fsp3) is 1.00. The van der Waals surface area contributed by atoms with Crippen LogP contribution in [0, 0.1) is 5.41 Å². The summed E-state index contributed by atoms with van der Waals surface area (Å²) in [5.74, 6) is 0. The number of nitrogens with one attached hydrogen (secondary N) is 1. The Morgan fingerprint density at radius 3 is 2.26 bits per heavy atom. The quantitative estimate of drug-likeness (QED) is 0.809. The van der Waals surface area contributed by atoms with E-state index in [2.05, 4.69) is 45.0 Å². The van der Waals surface area contributed by atoms with Crippen molar-refractivity contribution in [1.29, 1.82) is 0 Å². The molecule has 114 valence electrons. The number of likely N-dealkylation sites (N-methyl/N-ethyl adjacent to an activating group) is 1. The van der Waals surface area contributed by atoms with Gasteiger partial charge in [0.15, 0.2) is 0 Å². The molecule has 0 bridgehead atoms. The Morgan fingerprint density at radius 2 is 1.68 bits per heavy atom. The SMILES string of the molecule is CCCNC1CCCCCCC1N(C)CC(C)(C)C. The van der Waals surface area contributed by atoms with Gasteiger partial charge in [-0.05, 0) is 38.3 Å². The van der Waals surface area contributed by atoms with Crippen LogP contribution in [0.25, 0.3) is 0 Å². The van der Waals surface area contributed by atoms with E-state index in [1.807, 2.05) is 0 Å². The molecule has 19 heavy (non-hydrogen) atoms. The van der Waals surface area contributed by atoms with Gasteiger partial charge in [-0.3, -0.25) is 0 Å². The summed E-state index contributed by atoms with van der Waals surface area (Å²) in [6, 6.07) is 1.43. The maximum Gasteiger partial charge on any atom is 0.0246 e. The predicted octanol–water partition coefficient (Wildman–Crippen LogP) is 4.06. The maximum atomic E-state index is 3.81. The smallest absolute Gasteiger partial charge is 0.0246 e. The number of hydrogen-bond acceptors (Lipinski definition) is 2. The molecule has 0 saturated heterocycles. The van der Waals surface area contributed by atoms with Gasteiger partial charge in [0.05, 0.1) is 0 Å². The molecule has 0 aromatic rings. The molecule has 0 aromatic carbocycles. The van der Waals surface area contributed by atoms with Crippen LogP contribution in [0.4, 0.5) is 0 Å². The number of nitrogens with zero attached hydrogens (tertiary/aromatic N) is 1. The minimum absolute atomic E-state index is 0.395. The maximum absolute atomic E-state index is 3.81. The molecule has 0 aliphatic heterocycles. The Balaban J connectivity index is 2.63. The monoisotopic (exact) mass is 268 g/mol. The largest absolute Gasteiger partial charge is 0.312 e. The Bertz CT molecular complexity index is 230. The molecule has 0 heterocycles. The second kappa shape index (κ2) is 8.26. The zero-order chi connectivity index (χ0) is 14.3. The van der Waals surface area contributed by atoms with Crippen molar-refractivity contribution in [2.45, 2.75) is 84.7 Å². The third kappa shape index (κ3) is 6.76. The predicted molar refractivity (Wildman–Crippen MR) is 85.7 cm³/mol. The summed E-state index contributed by atoms with van der Waals surface area (Å²) in [5, 5.41) is 3.81. The minimum atomic E-state index is 0.395. The van der Waals surface area contributed by atoms with Crippen LogP contribution in [0.2, 0.25) is 0 Å². The Hall–Kier alpha value is -0.0800. The van der Waals surface area contributed by atoms with Gasteiger partial charge >= 0.3 is 0 Å². The standard InChI is InChI=1S/C17H36N2/c1-6-13-18-15-11-9-7-8-10-12-16(15)19(5)14-17(2,3)4/h15-16,18H,6-14H2,1-5H3. The molecule has 1 aliphatic rings. The molecule has 0 spiro atoms. The molecular formula is C17H36N2. The molecule has 0 aromatic heterocycles. The summed E-state index contributed by atoms with van der Waals surface area (Å²) >= 11 is 0. The van der Waals surface area contributed by atoms with Crippen LogP contribution in [-0.4, -0.2) is 37.1 Å². The summed E-state index contributed by atoms with van der Waals surface area (Å²) < 4.78 is 0. The first-order valence-electron chi connectivity index (χ1n) is 8.37. The molecule has 2 atom stereocenters. The van der Waals surface area contributed by atoms with Crippen molar-refractivity contribution in [3.8, 4) is 0 Å². The third-order valence-corrected chi connectivity index (χ3v) is 4.18. The minimum Gasteiger partial charge on any atom is -0.312 e. The van der Waals surface area contributed by atoms with Crippen molar-refractivity contribution < 1.29 is 0 Å². The van der Waals surface area contributed by atoms with E-state index in [9.17, 15) is 0 Å². The van der Waals surface area contributed by atoms with Crippen molar-refractivity contribution in [3.05, 3.63) is 0 Å². The van der Waals surface area contributed by atoms with Crippen molar-refractivity contribution in [1.82, 2.24) is 10.2 Å². The average Bonchev–Trinajstić information content (AvgIpc) is 2.25. The molecule has 1 aliphatic carbocycles. The van der Waals surface area contributed by atoms with Crippen LogP contribution < -0.4 is 5.32 Å². The number of hydrogen-bond donors (Lipinski definition) is 1. The Kier molecular flexibility index (Phi) is 7.38. The fourth-order valence-corrected chi connectivity index (χ4v) is 3.43. The topological polar surface area (TPSA) is 15.3 Å². The van der Waals surface area contributed by atoms with Crippen LogP contribution in [0.5, 0.6) is 0 Å². The van der Waals surface area contributed by atoms with E-state index >= 15 is 0 Å². The lowest BCUT2D eigenvalue weighted by molar-refractivity contribution is 0.122. The van der Waals surface area contributed by atoms with Gasteiger partial charge in [0.2, 0.25) is 0 Å². The van der Waals surface area contributed by atoms with Gasteiger partial charge < -0.3 is 10.2 Å². The molecule has 0 radical (unpaired) electrons. The molecule has 1 N–H and O–H groups in total. The lowest BCUT2D eigenvalue weighted by Gasteiger charge is -2.39. The third-order valence-electron chi connectivity index (χ3n) is 4.18. The lowest BCUT2D eigenvalue weighted by atomic mass is 9.89. The van der Waals surface area contributed by atoms with Gasteiger partial charge in [-0.2, -0.15) is 0 Å². The summed E-state index contributed by atoms with van der Waals surface area (Å²) in [7, 11) is 2.33. The summed E-state index contributed by atoms with van der Waals surface area (Å²) in [6.45, 7) is 11.7. The molecule has 1 rings (SSSR count). The Morgan fingerprint density at radius 1 is 1.05 bits per heavy atom. The van der Waals surface area contributed by atoms with Gasteiger partial charge in [0.25, 0.3) is 0 Å². The normalized spacial score (nSPS) is 26.2. The van der Waals surface area contributed by atoms with E-state index in [-0.39, 0.29) is 0 Å². The zero-order valence-electron chi connectivity index (χ0n) is 14.0. The summed E-state index contributed by atoms with van der Waals surface area (Å²) in [6.07, 6.45) is 9.64. The van der Waals surface area contributed by atoms with Crippen LogP contribution in [-0.2, 0) is 0 Å². The van der Waals surface area contributed by atoms with Crippen LogP contribution in [0.3, 0.4) is 0 Å². The lowest BCUT2D eigenvalue weighted by Crippen LogP contribution is -2.51. The van der Waals surface area contributed by atoms with Crippen molar-refractivity contribution >= 4 is 0 Å². The summed E-state index contributed by atoms with van der Waals surface area (Å²) in [4.78, 5) is 2.62. The highest BCUT2D eigenvalue weighted by Gasteiger charge is 2.27.